The summed E-state index contributed by atoms with van der Waals surface area (Å²) in [5.74, 6) is -0.166. The molecule has 6 nitrogen and oxygen atoms in total. The number of nitrogens with one attached hydrogen (secondary N) is 2. The molecule has 1 rings (SSSR count). The van der Waals surface area contributed by atoms with Gasteiger partial charge < -0.3 is 15.4 Å². The molecule has 0 aliphatic carbocycles. The van der Waals surface area contributed by atoms with Crippen molar-refractivity contribution in [1.29, 1.82) is 0 Å². The summed E-state index contributed by atoms with van der Waals surface area (Å²) in [6.07, 6.45) is 3.10. The molecule has 1 saturated heterocycles. The smallest absolute Gasteiger partial charge is 0.305 e. The molecule has 1 amide bonds. The van der Waals surface area contributed by atoms with E-state index >= 15 is 0 Å². The Bertz CT molecular complexity index is 339. The van der Waals surface area contributed by atoms with Crippen molar-refractivity contribution in [2.75, 3.05) is 39.8 Å². The molecule has 21 heavy (non-hydrogen) atoms. The van der Waals surface area contributed by atoms with E-state index in [2.05, 4.69) is 22.5 Å². The highest BCUT2D eigenvalue weighted by Gasteiger charge is 2.28. The molecule has 0 saturated carbocycles. The number of nitrogens with zero attached hydrogens (tertiary/aromatic N) is 1. The third kappa shape index (κ3) is 6.91. The minimum atomic E-state index is -0.200. The Labute approximate surface area is 127 Å². The highest BCUT2D eigenvalue weighted by atomic mass is 16.5. The monoisotopic (exact) mass is 299 g/mol. The summed E-state index contributed by atoms with van der Waals surface area (Å²) < 4.78 is 4.83. The number of amides is 1. The van der Waals surface area contributed by atoms with Crippen LogP contribution in [0.4, 0.5) is 0 Å². The lowest BCUT2D eigenvalue weighted by Crippen LogP contribution is -2.51. The number of carbonyl (C=O) groups is 2. The minimum absolute atomic E-state index is 0.0342. The number of hydrogen-bond acceptors (Lipinski definition) is 5. The predicted molar refractivity (Wildman–Crippen MR) is 82.0 cm³/mol. The first-order chi connectivity index (χ1) is 9.99. The van der Waals surface area contributed by atoms with Crippen molar-refractivity contribution in [3.8, 4) is 0 Å². The van der Waals surface area contributed by atoms with Crippen LogP contribution in [0.5, 0.6) is 0 Å². The van der Waals surface area contributed by atoms with Gasteiger partial charge in [-0.05, 0) is 40.2 Å². The van der Waals surface area contributed by atoms with Crippen molar-refractivity contribution >= 4 is 11.9 Å². The van der Waals surface area contributed by atoms with Crippen LogP contribution in [0.15, 0.2) is 0 Å². The van der Waals surface area contributed by atoms with Crippen LogP contribution in [-0.2, 0) is 14.3 Å². The number of likely N-dealkylation sites (tertiary alicyclic amines) is 1. The first-order valence-electron chi connectivity index (χ1n) is 7.82. The second kappa shape index (κ2) is 9.00. The summed E-state index contributed by atoms with van der Waals surface area (Å²) in [7, 11) is 1.99. The number of carbonyl (C=O) groups excluding carboxylic acids is 2. The summed E-state index contributed by atoms with van der Waals surface area (Å²) in [5, 5.41) is 6.20. The molecule has 2 N–H and O–H groups in total. The van der Waals surface area contributed by atoms with Gasteiger partial charge in [0, 0.05) is 31.6 Å². The molecule has 0 unspecified atom stereocenters. The lowest BCUT2D eigenvalue weighted by Gasteiger charge is -2.39. The van der Waals surface area contributed by atoms with Gasteiger partial charge in [0.15, 0.2) is 0 Å². The quantitative estimate of drug-likeness (QED) is 0.505. The Balaban J connectivity index is 2.11. The average Bonchev–Trinajstić information content (AvgIpc) is 2.47. The van der Waals surface area contributed by atoms with E-state index in [0.717, 1.165) is 25.9 Å². The van der Waals surface area contributed by atoms with Crippen molar-refractivity contribution in [1.82, 2.24) is 15.5 Å². The maximum absolute atomic E-state index is 11.8. The standard InChI is InChI=1S/C15H29N3O3/c1-4-21-14(20)6-5-9-17-13(19)12-18-10-7-15(2,16-3)8-11-18/h16H,4-12H2,1-3H3,(H,17,19). The zero-order chi connectivity index (χ0) is 15.7. The normalized spacial score (nSPS) is 18.2. The number of ether oxygens (including phenoxy) is 1. The maximum atomic E-state index is 11.8. The van der Waals surface area contributed by atoms with E-state index in [4.69, 9.17) is 4.74 Å². The van der Waals surface area contributed by atoms with Gasteiger partial charge in [-0.1, -0.05) is 0 Å². The molecule has 1 heterocycles. The van der Waals surface area contributed by atoms with E-state index in [-0.39, 0.29) is 17.4 Å². The molecular formula is C15H29N3O3. The topological polar surface area (TPSA) is 70.7 Å². The zero-order valence-electron chi connectivity index (χ0n) is 13.5. The Kier molecular flexibility index (Phi) is 7.67. The molecule has 6 heteroatoms. The van der Waals surface area contributed by atoms with Crippen molar-refractivity contribution in [3.05, 3.63) is 0 Å². The van der Waals surface area contributed by atoms with Crippen molar-refractivity contribution < 1.29 is 14.3 Å². The average molecular weight is 299 g/mol. The van der Waals surface area contributed by atoms with Gasteiger partial charge in [-0.2, -0.15) is 0 Å². The summed E-state index contributed by atoms with van der Waals surface area (Å²) >= 11 is 0. The zero-order valence-corrected chi connectivity index (χ0v) is 13.5. The van der Waals surface area contributed by atoms with Crippen molar-refractivity contribution in [2.45, 2.75) is 45.1 Å². The van der Waals surface area contributed by atoms with E-state index in [9.17, 15) is 9.59 Å². The van der Waals surface area contributed by atoms with Crippen LogP contribution in [0.25, 0.3) is 0 Å². The van der Waals surface area contributed by atoms with E-state index in [1.165, 1.54) is 0 Å². The molecule has 0 aromatic rings. The van der Waals surface area contributed by atoms with Crippen LogP contribution in [-0.4, -0.2) is 62.1 Å². The molecular weight excluding hydrogens is 270 g/mol. The molecule has 0 aromatic carbocycles. The van der Waals surface area contributed by atoms with E-state index in [1.54, 1.807) is 6.92 Å². The summed E-state index contributed by atoms with van der Waals surface area (Å²) in [6, 6.07) is 0. The first kappa shape index (κ1) is 17.9. The Morgan fingerprint density at radius 1 is 1.29 bits per heavy atom. The highest BCUT2D eigenvalue weighted by Crippen LogP contribution is 2.20. The molecule has 0 aromatic heterocycles. The number of esters is 1. The van der Waals surface area contributed by atoms with Crippen LogP contribution >= 0.6 is 0 Å². The molecule has 0 atom stereocenters. The molecule has 0 bridgehead atoms. The van der Waals surface area contributed by atoms with Gasteiger partial charge in [0.25, 0.3) is 0 Å². The largest absolute Gasteiger partial charge is 0.466 e. The third-order valence-corrected chi connectivity index (χ3v) is 4.12. The molecule has 1 aliphatic rings. The Morgan fingerprint density at radius 2 is 1.95 bits per heavy atom. The van der Waals surface area contributed by atoms with Gasteiger partial charge in [-0.3, -0.25) is 14.5 Å². The summed E-state index contributed by atoms with van der Waals surface area (Å²) in [6.45, 7) is 7.27. The van der Waals surface area contributed by atoms with Crippen LogP contribution in [0.1, 0.15) is 39.5 Å². The van der Waals surface area contributed by atoms with Crippen molar-refractivity contribution in [2.24, 2.45) is 0 Å². The van der Waals surface area contributed by atoms with Gasteiger partial charge in [0.05, 0.1) is 13.2 Å². The van der Waals surface area contributed by atoms with Gasteiger partial charge in [0.1, 0.15) is 0 Å². The SMILES string of the molecule is CCOC(=O)CCCNC(=O)CN1CCC(C)(NC)CC1. The van der Waals surface area contributed by atoms with Gasteiger partial charge in [-0.15, -0.1) is 0 Å². The molecule has 1 fully saturated rings. The molecule has 122 valence electrons. The van der Waals surface area contributed by atoms with E-state index < -0.39 is 0 Å². The van der Waals surface area contributed by atoms with E-state index in [0.29, 0.717) is 32.5 Å². The van der Waals surface area contributed by atoms with Gasteiger partial charge >= 0.3 is 5.97 Å². The van der Waals surface area contributed by atoms with Gasteiger partial charge in [0.2, 0.25) is 5.91 Å². The fourth-order valence-corrected chi connectivity index (χ4v) is 2.41. The molecule has 0 radical (unpaired) electrons. The second-order valence-corrected chi connectivity index (χ2v) is 5.85. The lowest BCUT2D eigenvalue weighted by molar-refractivity contribution is -0.143. The highest BCUT2D eigenvalue weighted by molar-refractivity contribution is 5.78. The van der Waals surface area contributed by atoms with E-state index in [1.807, 2.05) is 7.05 Å². The minimum Gasteiger partial charge on any atom is -0.466 e. The number of hydrogen-bond donors (Lipinski definition) is 2. The third-order valence-electron chi connectivity index (χ3n) is 4.12. The maximum Gasteiger partial charge on any atom is 0.305 e. The van der Waals surface area contributed by atoms with Crippen LogP contribution < -0.4 is 10.6 Å². The molecule has 1 aliphatic heterocycles. The van der Waals surface area contributed by atoms with Crippen molar-refractivity contribution in [3.63, 3.8) is 0 Å². The second-order valence-electron chi connectivity index (χ2n) is 5.85. The molecule has 0 spiro atoms. The summed E-state index contributed by atoms with van der Waals surface area (Å²) in [4.78, 5) is 25.2. The van der Waals surface area contributed by atoms with Crippen LogP contribution in [0.3, 0.4) is 0 Å². The summed E-state index contributed by atoms with van der Waals surface area (Å²) in [5.41, 5.74) is 0.201. The van der Waals surface area contributed by atoms with Gasteiger partial charge in [-0.25, -0.2) is 0 Å². The lowest BCUT2D eigenvalue weighted by atomic mass is 9.90. The Morgan fingerprint density at radius 3 is 2.52 bits per heavy atom. The predicted octanol–water partition coefficient (Wildman–Crippen LogP) is 0.520. The Hall–Kier alpha value is -1.14. The van der Waals surface area contributed by atoms with Crippen LogP contribution in [0, 0.1) is 0 Å². The fourth-order valence-electron chi connectivity index (χ4n) is 2.41. The fraction of sp³-hybridized carbons (Fsp3) is 0.867. The van der Waals surface area contributed by atoms with Crippen LogP contribution in [0.2, 0.25) is 0 Å². The first-order valence-corrected chi connectivity index (χ1v) is 7.82. The number of rotatable bonds is 8. The number of piperidine rings is 1.